The average Bonchev–Trinajstić information content (AvgIpc) is 3.03. The number of thioether (sulfide) groups is 1. The number of hydrogen-bond acceptors (Lipinski definition) is 3. The molecular formula is C19H14F4N2OS. The van der Waals surface area contributed by atoms with Gasteiger partial charge in [0.1, 0.15) is 11.4 Å². The van der Waals surface area contributed by atoms with Gasteiger partial charge >= 0.3 is 6.18 Å². The molecule has 0 spiro atoms. The van der Waals surface area contributed by atoms with Crippen LogP contribution in [0.3, 0.4) is 0 Å². The summed E-state index contributed by atoms with van der Waals surface area (Å²) in [6.45, 7) is 1.53. The predicted octanol–water partition coefficient (Wildman–Crippen LogP) is 5.20. The number of fused-ring (bicyclic) bond motifs is 1. The SMILES string of the molecule is CC(O)(CSc1ccc(F)cc1)c1cc2cc(C#N)c(C(F)(F)F)cc2[nH]1. The molecule has 0 bridgehead atoms. The molecule has 0 aliphatic carbocycles. The largest absolute Gasteiger partial charge is 0.417 e. The van der Waals surface area contributed by atoms with E-state index in [4.69, 9.17) is 5.26 Å². The lowest BCUT2D eigenvalue weighted by molar-refractivity contribution is -0.137. The topological polar surface area (TPSA) is 59.8 Å². The third kappa shape index (κ3) is 4.10. The van der Waals surface area contributed by atoms with Crippen LogP contribution in [0.4, 0.5) is 17.6 Å². The molecule has 1 unspecified atom stereocenters. The molecule has 2 N–H and O–H groups in total. The van der Waals surface area contributed by atoms with E-state index < -0.39 is 22.9 Å². The van der Waals surface area contributed by atoms with Crippen molar-refractivity contribution in [3.05, 3.63) is 65.1 Å². The Morgan fingerprint density at radius 2 is 1.81 bits per heavy atom. The predicted molar refractivity (Wildman–Crippen MR) is 94.7 cm³/mol. The van der Waals surface area contributed by atoms with E-state index in [9.17, 15) is 22.7 Å². The van der Waals surface area contributed by atoms with Crippen LogP contribution in [0.2, 0.25) is 0 Å². The summed E-state index contributed by atoms with van der Waals surface area (Å²) in [6.07, 6.45) is -4.65. The molecule has 3 aromatic rings. The number of nitriles is 1. The first kappa shape index (κ1) is 19.3. The second kappa shape index (κ2) is 6.91. The second-order valence-electron chi connectivity index (χ2n) is 6.29. The molecule has 1 heterocycles. The fraction of sp³-hybridized carbons (Fsp3) is 0.211. The molecule has 0 saturated carbocycles. The summed E-state index contributed by atoms with van der Waals surface area (Å²) in [5.74, 6) is -0.168. The van der Waals surface area contributed by atoms with Crippen LogP contribution >= 0.6 is 11.8 Å². The summed E-state index contributed by atoms with van der Waals surface area (Å²) in [7, 11) is 0. The molecule has 0 aliphatic heterocycles. The molecular weight excluding hydrogens is 380 g/mol. The lowest BCUT2D eigenvalue weighted by Crippen LogP contribution is -2.24. The number of rotatable bonds is 4. The van der Waals surface area contributed by atoms with E-state index in [1.165, 1.54) is 36.9 Å². The first-order valence-corrected chi connectivity index (χ1v) is 8.84. The zero-order chi connectivity index (χ0) is 19.8. The summed E-state index contributed by atoms with van der Waals surface area (Å²) in [4.78, 5) is 3.56. The molecule has 8 heteroatoms. The Labute approximate surface area is 156 Å². The Bertz CT molecular complexity index is 1020. The molecule has 2 aromatic carbocycles. The highest BCUT2D eigenvalue weighted by molar-refractivity contribution is 7.99. The molecule has 0 radical (unpaired) electrons. The van der Waals surface area contributed by atoms with Crippen LogP contribution in [0.15, 0.2) is 47.4 Å². The van der Waals surface area contributed by atoms with Crippen LogP contribution < -0.4 is 0 Å². The molecule has 1 atom stereocenters. The van der Waals surface area contributed by atoms with E-state index >= 15 is 0 Å². The van der Waals surface area contributed by atoms with Crippen molar-refractivity contribution in [3.8, 4) is 6.07 Å². The minimum atomic E-state index is -4.65. The van der Waals surface area contributed by atoms with Gasteiger partial charge < -0.3 is 10.1 Å². The van der Waals surface area contributed by atoms with Gasteiger partial charge in [-0.1, -0.05) is 0 Å². The molecule has 0 saturated heterocycles. The Morgan fingerprint density at radius 3 is 2.41 bits per heavy atom. The smallest absolute Gasteiger partial charge is 0.383 e. The molecule has 140 valence electrons. The van der Waals surface area contributed by atoms with Crippen molar-refractivity contribution < 1.29 is 22.7 Å². The number of benzene rings is 2. The Morgan fingerprint density at radius 1 is 1.15 bits per heavy atom. The third-order valence-electron chi connectivity index (χ3n) is 4.10. The van der Waals surface area contributed by atoms with Gasteiger partial charge in [0.15, 0.2) is 0 Å². The number of halogens is 4. The summed E-state index contributed by atoms with van der Waals surface area (Å²) in [5.41, 5.74) is -2.35. The van der Waals surface area contributed by atoms with Crippen molar-refractivity contribution in [2.75, 3.05) is 5.75 Å². The zero-order valence-electron chi connectivity index (χ0n) is 14.1. The number of aromatic nitrogens is 1. The number of aliphatic hydroxyl groups is 1. The lowest BCUT2D eigenvalue weighted by Gasteiger charge is -2.21. The maximum Gasteiger partial charge on any atom is 0.417 e. The molecule has 0 aliphatic rings. The van der Waals surface area contributed by atoms with Gasteiger partial charge in [-0.2, -0.15) is 18.4 Å². The quantitative estimate of drug-likeness (QED) is 0.473. The van der Waals surface area contributed by atoms with Crippen LogP contribution in [0.1, 0.15) is 23.7 Å². The average molecular weight is 394 g/mol. The summed E-state index contributed by atoms with van der Waals surface area (Å²) < 4.78 is 52.2. The lowest BCUT2D eigenvalue weighted by atomic mass is 10.0. The van der Waals surface area contributed by atoms with Gasteiger partial charge in [0, 0.05) is 27.2 Å². The molecule has 0 amide bonds. The molecule has 3 nitrogen and oxygen atoms in total. The van der Waals surface area contributed by atoms with Gasteiger partial charge in [0.05, 0.1) is 17.2 Å². The molecule has 1 aromatic heterocycles. The van der Waals surface area contributed by atoms with Crippen LogP contribution in [0.5, 0.6) is 0 Å². The van der Waals surface area contributed by atoms with Crippen molar-refractivity contribution in [1.29, 1.82) is 5.26 Å². The van der Waals surface area contributed by atoms with E-state index in [-0.39, 0.29) is 17.1 Å². The number of alkyl halides is 3. The molecule has 27 heavy (non-hydrogen) atoms. The van der Waals surface area contributed by atoms with Gasteiger partial charge in [-0.3, -0.25) is 0 Å². The number of aromatic amines is 1. The maximum atomic E-state index is 13.1. The van der Waals surface area contributed by atoms with E-state index in [0.29, 0.717) is 11.1 Å². The van der Waals surface area contributed by atoms with Crippen molar-refractivity contribution >= 4 is 22.7 Å². The van der Waals surface area contributed by atoms with Gasteiger partial charge in [-0.25, -0.2) is 4.39 Å². The highest BCUT2D eigenvalue weighted by Gasteiger charge is 2.34. The standard InChI is InChI=1S/C19H14F4N2OS/c1-18(26,10-27-14-4-2-13(20)3-5-14)17-7-11-6-12(9-24)15(19(21,22)23)8-16(11)25-17/h2-8,25-26H,10H2,1H3. The summed E-state index contributed by atoms with van der Waals surface area (Å²) >= 11 is 1.29. The number of hydrogen-bond donors (Lipinski definition) is 2. The van der Waals surface area contributed by atoms with Gasteiger partial charge in [-0.05, 0) is 49.4 Å². The number of nitrogens with one attached hydrogen (secondary N) is 1. The van der Waals surface area contributed by atoms with Crippen LogP contribution in [-0.4, -0.2) is 15.8 Å². The first-order chi connectivity index (χ1) is 12.6. The van der Waals surface area contributed by atoms with Gasteiger partial charge in [0.2, 0.25) is 0 Å². The van der Waals surface area contributed by atoms with Crippen molar-refractivity contribution in [2.24, 2.45) is 0 Å². The van der Waals surface area contributed by atoms with E-state index in [1.54, 1.807) is 18.2 Å². The monoisotopic (exact) mass is 394 g/mol. The Hall–Kier alpha value is -2.50. The van der Waals surface area contributed by atoms with E-state index in [2.05, 4.69) is 4.98 Å². The molecule has 3 rings (SSSR count). The fourth-order valence-corrected chi connectivity index (χ4v) is 3.56. The number of H-pyrrole nitrogens is 1. The summed E-state index contributed by atoms with van der Waals surface area (Å²) in [5, 5.41) is 20.1. The van der Waals surface area contributed by atoms with Crippen molar-refractivity contribution in [2.45, 2.75) is 23.6 Å². The minimum absolute atomic E-state index is 0.184. The zero-order valence-corrected chi connectivity index (χ0v) is 14.9. The van der Waals surface area contributed by atoms with Crippen LogP contribution in [-0.2, 0) is 11.8 Å². The fourth-order valence-electron chi connectivity index (χ4n) is 2.63. The van der Waals surface area contributed by atoms with Gasteiger partial charge in [-0.15, -0.1) is 11.8 Å². The number of nitrogens with zero attached hydrogens (tertiary/aromatic N) is 1. The van der Waals surface area contributed by atoms with E-state index in [1.807, 2.05) is 0 Å². The second-order valence-corrected chi connectivity index (χ2v) is 7.34. The normalized spacial score (nSPS) is 14.1. The Kier molecular flexibility index (Phi) is 4.93. The van der Waals surface area contributed by atoms with Crippen LogP contribution in [0, 0.1) is 17.1 Å². The van der Waals surface area contributed by atoms with Crippen molar-refractivity contribution in [3.63, 3.8) is 0 Å². The molecule has 0 fully saturated rings. The maximum absolute atomic E-state index is 13.1. The minimum Gasteiger partial charge on any atom is -0.383 e. The van der Waals surface area contributed by atoms with Crippen LogP contribution in [0.25, 0.3) is 10.9 Å². The third-order valence-corrected chi connectivity index (χ3v) is 5.41. The highest BCUT2D eigenvalue weighted by Crippen LogP contribution is 2.36. The van der Waals surface area contributed by atoms with Crippen molar-refractivity contribution in [1.82, 2.24) is 4.98 Å². The highest BCUT2D eigenvalue weighted by atomic mass is 32.2. The first-order valence-electron chi connectivity index (χ1n) is 7.85. The van der Waals surface area contributed by atoms with Gasteiger partial charge in [0.25, 0.3) is 0 Å². The summed E-state index contributed by atoms with van der Waals surface area (Å²) in [6, 6.07) is 10.9. The Balaban J connectivity index is 1.91. The van der Waals surface area contributed by atoms with E-state index in [0.717, 1.165) is 17.0 Å².